The van der Waals surface area contributed by atoms with E-state index in [1.165, 1.54) is 11.6 Å². The summed E-state index contributed by atoms with van der Waals surface area (Å²) in [6.07, 6.45) is 2.61. The van der Waals surface area contributed by atoms with Crippen LogP contribution in [-0.4, -0.2) is 0 Å². The van der Waals surface area contributed by atoms with Crippen molar-refractivity contribution < 1.29 is 8.78 Å². The second-order valence-corrected chi connectivity index (χ2v) is 4.77. The Labute approximate surface area is 117 Å². The lowest BCUT2D eigenvalue weighted by Crippen LogP contribution is -2.28. The van der Waals surface area contributed by atoms with Crippen LogP contribution in [0.1, 0.15) is 30.0 Å². The van der Waals surface area contributed by atoms with Gasteiger partial charge < -0.3 is 0 Å². The van der Waals surface area contributed by atoms with Crippen molar-refractivity contribution in [3.8, 4) is 0 Å². The molecule has 0 heterocycles. The van der Waals surface area contributed by atoms with Crippen LogP contribution in [0.5, 0.6) is 0 Å². The molecule has 106 valence electrons. The van der Waals surface area contributed by atoms with Crippen LogP contribution in [0.3, 0.4) is 0 Å². The molecule has 20 heavy (non-hydrogen) atoms. The molecule has 0 aliphatic heterocycles. The topological polar surface area (TPSA) is 38.0 Å². The van der Waals surface area contributed by atoms with Gasteiger partial charge in [0.2, 0.25) is 0 Å². The second kappa shape index (κ2) is 7.12. The SMILES string of the molecule is NNC(CCCc1ccccc1)c1ccc(F)c(F)c1. The molecule has 0 amide bonds. The van der Waals surface area contributed by atoms with E-state index in [4.69, 9.17) is 5.84 Å². The first kappa shape index (κ1) is 14.6. The van der Waals surface area contributed by atoms with Crippen molar-refractivity contribution in [3.63, 3.8) is 0 Å². The van der Waals surface area contributed by atoms with Crippen LogP contribution in [0.25, 0.3) is 0 Å². The Morgan fingerprint density at radius 1 is 1.00 bits per heavy atom. The monoisotopic (exact) mass is 276 g/mol. The number of aryl methyl sites for hydroxylation is 1. The molecule has 2 nitrogen and oxygen atoms in total. The van der Waals surface area contributed by atoms with E-state index in [0.29, 0.717) is 5.56 Å². The minimum Gasteiger partial charge on any atom is -0.271 e. The molecule has 0 aliphatic carbocycles. The number of hydrogen-bond acceptors (Lipinski definition) is 2. The summed E-state index contributed by atoms with van der Waals surface area (Å²) in [5.41, 5.74) is 4.59. The van der Waals surface area contributed by atoms with Gasteiger partial charge in [-0.1, -0.05) is 36.4 Å². The van der Waals surface area contributed by atoms with Gasteiger partial charge in [0.15, 0.2) is 11.6 Å². The highest BCUT2D eigenvalue weighted by molar-refractivity contribution is 5.21. The number of nitrogens with one attached hydrogen (secondary N) is 1. The van der Waals surface area contributed by atoms with Crippen LogP contribution in [0.15, 0.2) is 48.5 Å². The second-order valence-electron chi connectivity index (χ2n) is 4.77. The maximum absolute atomic E-state index is 13.2. The summed E-state index contributed by atoms with van der Waals surface area (Å²) in [6.45, 7) is 0. The largest absolute Gasteiger partial charge is 0.271 e. The number of rotatable bonds is 6. The highest BCUT2D eigenvalue weighted by Crippen LogP contribution is 2.21. The Hall–Kier alpha value is -1.78. The van der Waals surface area contributed by atoms with Crippen LogP contribution in [0, 0.1) is 11.6 Å². The number of hydrogen-bond donors (Lipinski definition) is 2. The van der Waals surface area contributed by atoms with Crippen LogP contribution < -0.4 is 11.3 Å². The van der Waals surface area contributed by atoms with Crippen molar-refractivity contribution in [2.75, 3.05) is 0 Å². The lowest BCUT2D eigenvalue weighted by atomic mass is 9.99. The van der Waals surface area contributed by atoms with Crippen LogP contribution >= 0.6 is 0 Å². The summed E-state index contributed by atoms with van der Waals surface area (Å²) in [6, 6.07) is 13.8. The average molecular weight is 276 g/mol. The summed E-state index contributed by atoms with van der Waals surface area (Å²) >= 11 is 0. The van der Waals surface area contributed by atoms with Crippen molar-refractivity contribution in [1.29, 1.82) is 0 Å². The van der Waals surface area contributed by atoms with Crippen LogP contribution in [-0.2, 0) is 6.42 Å². The van der Waals surface area contributed by atoms with Gasteiger partial charge in [-0.15, -0.1) is 0 Å². The molecular weight excluding hydrogens is 258 g/mol. The van der Waals surface area contributed by atoms with E-state index in [9.17, 15) is 8.78 Å². The Balaban J connectivity index is 1.93. The Morgan fingerprint density at radius 3 is 2.40 bits per heavy atom. The van der Waals surface area contributed by atoms with Gasteiger partial charge >= 0.3 is 0 Å². The third-order valence-corrected chi connectivity index (χ3v) is 3.35. The van der Waals surface area contributed by atoms with Crippen molar-refractivity contribution in [2.45, 2.75) is 25.3 Å². The minimum absolute atomic E-state index is 0.172. The van der Waals surface area contributed by atoms with E-state index in [1.807, 2.05) is 18.2 Å². The molecule has 0 aliphatic rings. The Kier molecular flexibility index (Phi) is 5.21. The molecule has 0 fully saturated rings. The van der Waals surface area contributed by atoms with Crippen LogP contribution in [0.2, 0.25) is 0 Å². The zero-order valence-electron chi connectivity index (χ0n) is 11.2. The normalized spacial score (nSPS) is 12.3. The molecular formula is C16H18F2N2. The third kappa shape index (κ3) is 3.85. The van der Waals surface area contributed by atoms with Crippen molar-refractivity contribution in [3.05, 3.63) is 71.3 Å². The van der Waals surface area contributed by atoms with E-state index < -0.39 is 11.6 Å². The van der Waals surface area contributed by atoms with E-state index in [-0.39, 0.29) is 6.04 Å². The van der Waals surface area contributed by atoms with Crippen LogP contribution in [0.4, 0.5) is 8.78 Å². The van der Waals surface area contributed by atoms with Crippen molar-refractivity contribution in [2.24, 2.45) is 5.84 Å². The predicted octanol–water partition coefficient (Wildman–Crippen LogP) is 3.49. The molecule has 0 saturated heterocycles. The molecule has 1 unspecified atom stereocenters. The van der Waals surface area contributed by atoms with E-state index in [1.54, 1.807) is 6.07 Å². The first-order chi connectivity index (χ1) is 9.70. The lowest BCUT2D eigenvalue weighted by molar-refractivity contribution is 0.480. The highest BCUT2D eigenvalue weighted by Gasteiger charge is 2.12. The first-order valence-electron chi connectivity index (χ1n) is 6.65. The summed E-state index contributed by atoms with van der Waals surface area (Å²) in [5, 5.41) is 0. The fourth-order valence-corrected chi connectivity index (χ4v) is 2.23. The summed E-state index contributed by atoms with van der Waals surface area (Å²) in [7, 11) is 0. The summed E-state index contributed by atoms with van der Waals surface area (Å²) in [5.74, 6) is 3.83. The van der Waals surface area contributed by atoms with Gasteiger partial charge in [0.05, 0.1) is 0 Å². The molecule has 3 N–H and O–H groups in total. The van der Waals surface area contributed by atoms with Gasteiger partial charge in [-0.3, -0.25) is 11.3 Å². The zero-order chi connectivity index (χ0) is 14.4. The molecule has 0 radical (unpaired) electrons. The van der Waals surface area contributed by atoms with Gasteiger partial charge in [0.25, 0.3) is 0 Å². The fraction of sp³-hybridized carbons (Fsp3) is 0.250. The number of hydrazine groups is 1. The highest BCUT2D eigenvalue weighted by atomic mass is 19.2. The quantitative estimate of drug-likeness (QED) is 0.626. The lowest BCUT2D eigenvalue weighted by Gasteiger charge is -2.16. The van der Waals surface area contributed by atoms with Gasteiger partial charge in [-0.05, 0) is 42.5 Å². The molecule has 2 aromatic carbocycles. The minimum atomic E-state index is -0.842. The van der Waals surface area contributed by atoms with E-state index >= 15 is 0 Å². The van der Waals surface area contributed by atoms with Gasteiger partial charge in [-0.25, -0.2) is 8.78 Å². The van der Waals surface area contributed by atoms with E-state index in [2.05, 4.69) is 17.6 Å². The fourth-order valence-electron chi connectivity index (χ4n) is 2.23. The average Bonchev–Trinajstić information content (AvgIpc) is 2.48. The predicted molar refractivity (Wildman–Crippen MR) is 75.8 cm³/mol. The molecule has 2 rings (SSSR count). The number of benzene rings is 2. The molecule has 4 heteroatoms. The van der Waals surface area contributed by atoms with Gasteiger partial charge in [0, 0.05) is 6.04 Å². The molecule has 0 bridgehead atoms. The van der Waals surface area contributed by atoms with Crippen molar-refractivity contribution in [1.82, 2.24) is 5.43 Å². The maximum Gasteiger partial charge on any atom is 0.159 e. The third-order valence-electron chi connectivity index (χ3n) is 3.35. The van der Waals surface area contributed by atoms with Crippen molar-refractivity contribution >= 4 is 0 Å². The maximum atomic E-state index is 13.2. The summed E-state index contributed by atoms with van der Waals surface area (Å²) in [4.78, 5) is 0. The zero-order valence-corrected chi connectivity index (χ0v) is 11.2. The van der Waals surface area contributed by atoms with Gasteiger partial charge in [0.1, 0.15) is 0 Å². The van der Waals surface area contributed by atoms with E-state index in [0.717, 1.165) is 25.3 Å². The standard InChI is InChI=1S/C16H18F2N2/c17-14-10-9-13(11-15(14)18)16(20-19)8-4-7-12-5-2-1-3-6-12/h1-3,5-6,9-11,16,20H,4,7-8,19H2. The molecule has 0 spiro atoms. The number of nitrogens with two attached hydrogens (primary N) is 1. The summed E-state index contributed by atoms with van der Waals surface area (Å²) < 4.78 is 26.1. The Bertz CT molecular complexity index is 543. The molecule has 0 saturated carbocycles. The Morgan fingerprint density at radius 2 is 1.75 bits per heavy atom. The molecule has 0 aromatic heterocycles. The molecule has 2 aromatic rings. The van der Waals surface area contributed by atoms with Gasteiger partial charge in [-0.2, -0.15) is 0 Å². The smallest absolute Gasteiger partial charge is 0.159 e. The molecule has 1 atom stereocenters. The first-order valence-corrected chi connectivity index (χ1v) is 6.65. The number of halogens is 2.